The number of piperidine rings is 1. The van der Waals surface area contributed by atoms with Crippen LogP contribution in [0.4, 0.5) is 8.78 Å². The number of alkyl halides is 2. The molecule has 1 aliphatic rings. The minimum absolute atomic E-state index is 0.139. The monoisotopic (exact) mass is 196 g/mol. The molecule has 1 saturated heterocycles. The molecule has 0 aliphatic carbocycles. The SMILES string of the molecule is CN[C@@H]1CCN(SC)CC1(F)F. The highest BCUT2D eigenvalue weighted by Gasteiger charge is 2.43. The standard InChI is InChI=1S/C7H14F2N2S/c1-10-6-3-4-11(12-2)5-7(6,8)9/h6,10H,3-5H2,1-2H3/t6-/m1/s1. The molecular weight excluding hydrogens is 182 g/mol. The van der Waals surface area contributed by atoms with E-state index in [9.17, 15) is 8.78 Å². The average Bonchev–Trinajstić information content (AvgIpc) is 2.02. The highest BCUT2D eigenvalue weighted by molar-refractivity contribution is 7.96. The number of hydrogen-bond acceptors (Lipinski definition) is 3. The maximum atomic E-state index is 13.2. The largest absolute Gasteiger partial charge is 0.312 e. The molecule has 1 heterocycles. The summed E-state index contributed by atoms with van der Waals surface area (Å²) in [6, 6.07) is -0.652. The van der Waals surface area contributed by atoms with Crippen LogP contribution in [0.3, 0.4) is 0 Å². The lowest BCUT2D eigenvalue weighted by molar-refractivity contribution is -0.0677. The van der Waals surface area contributed by atoms with E-state index >= 15 is 0 Å². The van der Waals surface area contributed by atoms with E-state index < -0.39 is 12.0 Å². The first-order valence-corrected chi connectivity index (χ1v) is 5.12. The highest BCUT2D eigenvalue weighted by Crippen LogP contribution is 2.29. The second-order valence-electron chi connectivity index (χ2n) is 2.94. The van der Waals surface area contributed by atoms with Crippen LogP contribution in [0, 0.1) is 0 Å². The van der Waals surface area contributed by atoms with Gasteiger partial charge >= 0.3 is 0 Å². The topological polar surface area (TPSA) is 15.3 Å². The van der Waals surface area contributed by atoms with Crippen molar-refractivity contribution in [3.8, 4) is 0 Å². The Balaban J connectivity index is 2.54. The van der Waals surface area contributed by atoms with E-state index in [1.807, 2.05) is 6.26 Å². The molecule has 0 bridgehead atoms. The van der Waals surface area contributed by atoms with Crippen LogP contribution < -0.4 is 5.32 Å². The third-order valence-electron chi connectivity index (χ3n) is 2.17. The van der Waals surface area contributed by atoms with Gasteiger partial charge in [0.15, 0.2) is 0 Å². The van der Waals surface area contributed by atoms with Gasteiger partial charge in [0.2, 0.25) is 0 Å². The van der Waals surface area contributed by atoms with Crippen LogP contribution in [0.25, 0.3) is 0 Å². The number of nitrogens with zero attached hydrogens (tertiary/aromatic N) is 1. The van der Waals surface area contributed by atoms with Crippen molar-refractivity contribution in [1.29, 1.82) is 0 Å². The molecule has 0 spiro atoms. The van der Waals surface area contributed by atoms with Crippen LogP contribution in [0.5, 0.6) is 0 Å². The van der Waals surface area contributed by atoms with Crippen molar-refractivity contribution in [2.75, 3.05) is 26.4 Å². The summed E-state index contributed by atoms with van der Waals surface area (Å²) in [4.78, 5) is 0. The lowest BCUT2D eigenvalue weighted by Gasteiger charge is -2.36. The van der Waals surface area contributed by atoms with Crippen LogP contribution in [0.2, 0.25) is 0 Å². The Labute approximate surface area is 75.8 Å². The van der Waals surface area contributed by atoms with Crippen molar-refractivity contribution in [1.82, 2.24) is 9.62 Å². The van der Waals surface area contributed by atoms with Gasteiger partial charge in [0.25, 0.3) is 5.92 Å². The van der Waals surface area contributed by atoms with E-state index in [0.717, 1.165) is 6.54 Å². The average molecular weight is 196 g/mol. The van der Waals surface area contributed by atoms with Crippen molar-refractivity contribution < 1.29 is 8.78 Å². The van der Waals surface area contributed by atoms with E-state index in [1.54, 1.807) is 11.4 Å². The molecule has 5 heteroatoms. The van der Waals surface area contributed by atoms with Gasteiger partial charge in [0.05, 0.1) is 12.6 Å². The van der Waals surface area contributed by atoms with Crippen LogP contribution in [-0.2, 0) is 0 Å². The van der Waals surface area contributed by atoms with Gasteiger partial charge in [-0.2, -0.15) is 0 Å². The zero-order chi connectivity index (χ0) is 9.19. The molecular formula is C7H14F2N2S. The predicted octanol–water partition coefficient (Wildman–Crippen LogP) is 1.19. The quantitative estimate of drug-likeness (QED) is 0.668. The summed E-state index contributed by atoms with van der Waals surface area (Å²) in [5.41, 5.74) is 0. The molecule has 0 unspecified atom stereocenters. The molecule has 1 fully saturated rings. The van der Waals surface area contributed by atoms with Crippen LogP contribution >= 0.6 is 11.9 Å². The molecule has 0 aromatic heterocycles. The van der Waals surface area contributed by atoms with Gasteiger partial charge in [-0.3, -0.25) is 0 Å². The summed E-state index contributed by atoms with van der Waals surface area (Å²) >= 11 is 1.39. The smallest absolute Gasteiger partial charge is 0.276 e. The van der Waals surface area contributed by atoms with Gasteiger partial charge in [0, 0.05) is 6.54 Å². The minimum atomic E-state index is -2.59. The zero-order valence-corrected chi connectivity index (χ0v) is 8.13. The number of hydrogen-bond donors (Lipinski definition) is 1. The summed E-state index contributed by atoms with van der Waals surface area (Å²) in [7, 11) is 1.59. The van der Waals surface area contributed by atoms with E-state index in [2.05, 4.69) is 5.32 Å². The molecule has 12 heavy (non-hydrogen) atoms. The molecule has 2 nitrogen and oxygen atoms in total. The van der Waals surface area contributed by atoms with Crippen molar-refractivity contribution in [3.05, 3.63) is 0 Å². The second-order valence-corrected chi connectivity index (χ2v) is 3.82. The lowest BCUT2D eigenvalue weighted by Crippen LogP contribution is -2.54. The molecule has 1 atom stereocenters. The first-order valence-electron chi connectivity index (χ1n) is 3.94. The van der Waals surface area contributed by atoms with Gasteiger partial charge in [-0.1, -0.05) is 11.9 Å². The van der Waals surface area contributed by atoms with Crippen molar-refractivity contribution in [3.63, 3.8) is 0 Å². The minimum Gasteiger partial charge on any atom is -0.312 e. The first kappa shape index (κ1) is 10.2. The molecule has 1 N–H and O–H groups in total. The zero-order valence-electron chi connectivity index (χ0n) is 7.31. The molecule has 0 saturated carbocycles. The first-order chi connectivity index (χ1) is 5.60. The van der Waals surface area contributed by atoms with Crippen molar-refractivity contribution in [2.24, 2.45) is 0 Å². The van der Waals surface area contributed by atoms with Crippen LogP contribution in [0.15, 0.2) is 0 Å². The van der Waals surface area contributed by atoms with Gasteiger partial charge in [-0.15, -0.1) is 0 Å². The Hall–Kier alpha value is 0.130. The fraction of sp³-hybridized carbons (Fsp3) is 1.00. The third-order valence-corrected chi connectivity index (χ3v) is 3.00. The summed E-state index contributed by atoms with van der Waals surface area (Å²) in [6.45, 7) is 0.599. The fourth-order valence-corrected chi connectivity index (χ4v) is 2.01. The maximum absolute atomic E-state index is 13.2. The molecule has 0 aromatic carbocycles. The van der Waals surface area contributed by atoms with E-state index in [-0.39, 0.29) is 6.54 Å². The van der Waals surface area contributed by atoms with Crippen LogP contribution in [0.1, 0.15) is 6.42 Å². The normalized spacial score (nSPS) is 30.5. The lowest BCUT2D eigenvalue weighted by atomic mass is 10.0. The van der Waals surface area contributed by atoms with E-state index in [0.29, 0.717) is 6.42 Å². The molecule has 0 amide bonds. The summed E-state index contributed by atoms with van der Waals surface area (Å²) in [5, 5.41) is 2.65. The maximum Gasteiger partial charge on any atom is 0.276 e. The highest BCUT2D eigenvalue weighted by atomic mass is 32.2. The Bertz CT molecular complexity index is 154. The van der Waals surface area contributed by atoms with Gasteiger partial charge in [-0.25, -0.2) is 13.1 Å². The number of halogens is 2. The fourth-order valence-electron chi connectivity index (χ4n) is 1.42. The Kier molecular flexibility index (Phi) is 3.31. The molecule has 72 valence electrons. The molecule has 0 radical (unpaired) electrons. The molecule has 1 aliphatic heterocycles. The van der Waals surface area contributed by atoms with Crippen LogP contribution in [-0.4, -0.2) is 42.7 Å². The van der Waals surface area contributed by atoms with E-state index in [1.165, 1.54) is 11.9 Å². The molecule has 1 rings (SSSR count). The summed E-state index contributed by atoms with van der Waals surface area (Å²) in [6.07, 6.45) is 2.35. The van der Waals surface area contributed by atoms with E-state index in [4.69, 9.17) is 0 Å². The Morgan fingerprint density at radius 1 is 1.58 bits per heavy atom. The van der Waals surface area contributed by atoms with Gasteiger partial charge in [0.1, 0.15) is 0 Å². The second kappa shape index (κ2) is 3.89. The third kappa shape index (κ3) is 2.08. The Morgan fingerprint density at radius 3 is 2.67 bits per heavy atom. The van der Waals surface area contributed by atoms with Crippen molar-refractivity contribution in [2.45, 2.75) is 18.4 Å². The Morgan fingerprint density at radius 2 is 2.25 bits per heavy atom. The van der Waals surface area contributed by atoms with Crippen molar-refractivity contribution >= 4 is 11.9 Å². The van der Waals surface area contributed by atoms with Gasteiger partial charge in [-0.05, 0) is 19.7 Å². The number of nitrogens with one attached hydrogen (secondary N) is 1. The number of rotatable bonds is 2. The molecule has 0 aromatic rings. The van der Waals surface area contributed by atoms with Gasteiger partial charge < -0.3 is 5.32 Å². The summed E-state index contributed by atoms with van der Waals surface area (Å²) < 4.78 is 28.1. The predicted molar refractivity (Wildman–Crippen MR) is 47.5 cm³/mol. The summed E-state index contributed by atoms with van der Waals surface area (Å²) in [5.74, 6) is -2.59.